The summed E-state index contributed by atoms with van der Waals surface area (Å²) >= 11 is 6.04. The van der Waals surface area contributed by atoms with Gasteiger partial charge in [-0.2, -0.15) is 0 Å². The first-order valence-electron chi connectivity index (χ1n) is 8.72. The molecule has 6 heteroatoms. The molecular formula is C19H28ClNO4. The Morgan fingerprint density at radius 2 is 1.92 bits per heavy atom. The number of unbranched alkanes of at least 4 members (excludes halogenated alkanes) is 3. The summed E-state index contributed by atoms with van der Waals surface area (Å²) in [6.45, 7) is 4.72. The van der Waals surface area contributed by atoms with Crippen molar-refractivity contribution in [3.05, 3.63) is 29.3 Å². The minimum absolute atomic E-state index is 0.106. The van der Waals surface area contributed by atoms with Crippen LogP contribution in [0, 0.1) is 5.92 Å². The van der Waals surface area contributed by atoms with Gasteiger partial charge in [0, 0.05) is 13.1 Å². The van der Waals surface area contributed by atoms with Crippen LogP contribution >= 0.6 is 11.6 Å². The predicted molar refractivity (Wildman–Crippen MR) is 98.8 cm³/mol. The predicted octanol–water partition coefficient (Wildman–Crippen LogP) is 3.94. The average molecular weight is 370 g/mol. The van der Waals surface area contributed by atoms with Gasteiger partial charge in [0.25, 0.3) is 5.91 Å². The molecule has 0 bridgehead atoms. The number of carbonyl (C=O) groups is 2. The molecule has 0 saturated carbocycles. The number of amides is 1. The smallest absolute Gasteiger partial charge is 0.310 e. The zero-order chi connectivity index (χ0) is 18.7. The van der Waals surface area contributed by atoms with Crippen LogP contribution in [0.25, 0.3) is 0 Å². The largest absolute Gasteiger partial charge is 0.482 e. The third kappa shape index (κ3) is 7.78. The van der Waals surface area contributed by atoms with E-state index in [1.165, 1.54) is 7.11 Å². The van der Waals surface area contributed by atoms with Crippen molar-refractivity contribution < 1.29 is 19.1 Å². The number of benzene rings is 1. The Kier molecular flexibility index (Phi) is 10.0. The SMILES string of the molecule is CCCCCCN(CC(C)C(=O)OC)C(=O)COc1ccccc1Cl. The van der Waals surface area contributed by atoms with Gasteiger partial charge in [-0.15, -0.1) is 0 Å². The molecule has 0 radical (unpaired) electrons. The van der Waals surface area contributed by atoms with E-state index >= 15 is 0 Å². The first-order chi connectivity index (χ1) is 12.0. The van der Waals surface area contributed by atoms with Crippen molar-refractivity contribution in [1.29, 1.82) is 0 Å². The molecule has 25 heavy (non-hydrogen) atoms. The number of hydrogen-bond acceptors (Lipinski definition) is 4. The number of carbonyl (C=O) groups excluding carboxylic acids is 2. The molecule has 0 spiro atoms. The molecular weight excluding hydrogens is 342 g/mol. The Labute approximate surface area is 155 Å². The van der Waals surface area contributed by atoms with Crippen LogP contribution in [0.5, 0.6) is 5.75 Å². The summed E-state index contributed by atoms with van der Waals surface area (Å²) in [5.41, 5.74) is 0. The summed E-state index contributed by atoms with van der Waals surface area (Å²) in [5.74, 6) is -0.379. The normalized spacial score (nSPS) is 11.7. The van der Waals surface area contributed by atoms with E-state index in [4.69, 9.17) is 21.1 Å². The summed E-state index contributed by atoms with van der Waals surface area (Å²) < 4.78 is 10.3. The topological polar surface area (TPSA) is 55.8 Å². The molecule has 1 rings (SSSR count). The van der Waals surface area contributed by atoms with Gasteiger partial charge >= 0.3 is 5.97 Å². The van der Waals surface area contributed by atoms with Crippen LogP contribution in [0.15, 0.2) is 24.3 Å². The van der Waals surface area contributed by atoms with Crippen LogP contribution in [0.2, 0.25) is 5.02 Å². The second-order valence-corrected chi connectivity index (χ2v) is 6.45. The number of esters is 1. The lowest BCUT2D eigenvalue weighted by Crippen LogP contribution is -2.40. The highest BCUT2D eigenvalue weighted by Gasteiger charge is 2.21. The van der Waals surface area contributed by atoms with Crippen molar-refractivity contribution >= 4 is 23.5 Å². The summed E-state index contributed by atoms with van der Waals surface area (Å²) in [6.07, 6.45) is 4.21. The molecule has 0 aromatic heterocycles. The second kappa shape index (κ2) is 11.7. The van der Waals surface area contributed by atoms with Gasteiger partial charge in [0.2, 0.25) is 0 Å². The van der Waals surface area contributed by atoms with Gasteiger partial charge in [-0.05, 0) is 18.6 Å². The minimum Gasteiger partial charge on any atom is -0.482 e. The number of hydrogen-bond donors (Lipinski definition) is 0. The molecule has 0 aliphatic carbocycles. The first kappa shape index (κ1) is 21.3. The van der Waals surface area contributed by atoms with E-state index in [0.29, 0.717) is 23.9 Å². The number of rotatable bonds is 11. The molecule has 140 valence electrons. The third-order valence-electron chi connectivity index (χ3n) is 3.92. The van der Waals surface area contributed by atoms with E-state index in [9.17, 15) is 9.59 Å². The van der Waals surface area contributed by atoms with Gasteiger partial charge in [0.1, 0.15) is 5.75 Å². The Morgan fingerprint density at radius 3 is 2.56 bits per heavy atom. The van der Waals surface area contributed by atoms with Crippen molar-refractivity contribution in [2.75, 3.05) is 26.8 Å². The van der Waals surface area contributed by atoms with Crippen LogP contribution in [0.1, 0.15) is 39.5 Å². The fourth-order valence-corrected chi connectivity index (χ4v) is 2.64. The van der Waals surface area contributed by atoms with Gasteiger partial charge in [0.15, 0.2) is 6.61 Å². The van der Waals surface area contributed by atoms with E-state index in [1.807, 2.05) is 0 Å². The van der Waals surface area contributed by atoms with Crippen molar-refractivity contribution in [3.63, 3.8) is 0 Å². The molecule has 1 atom stereocenters. The van der Waals surface area contributed by atoms with Gasteiger partial charge in [0.05, 0.1) is 18.1 Å². The van der Waals surface area contributed by atoms with Crippen molar-refractivity contribution in [2.45, 2.75) is 39.5 Å². The standard InChI is InChI=1S/C19H28ClNO4/c1-4-5-6-9-12-21(13-15(2)19(23)24-3)18(22)14-25-17-11-8-7-10-16(17)20/h7-8,10-11,15H,4-6,9,12-14H2,1-3H3. The minimum atomic E-state index is -0.375. The van der Waals surface area contributed by atoms with E-state index in [-0.39, 0.29) is 24.4 Å². The molecule has 1 aromatic rings. The van der Waals surface area contributed by atoms with E-state index < -0.39 is 0 Å². The summed E-state index contributed by atoms with van der Waals surface area (Å²) in [5, 5.41) is 0.465. The Bertz CT molecular complexity index is 550. The lowest BCUT2D eigenvalue weighted by molar-refractivity contribution is -0.146. The van der Waals surface area contributed by atoms with Crippen molar-refractivity contribution in [3.8, 4) is 5.75 Å². The number of para-hydroxylation sites is 1. The van der Waals surface area contributed by atoms with Crippen molar-refractivity contribution in [1.82, 2.24) is 4.90 Å². The molecule has 1 unspecified atom stereocenters. The van der Waals surface area contributed by atoms with Crippen LogP contribution in [-0.2, 0) is 14.3 Å². The zero-order valence-corrected chi connectivity index (χ0v) is 16.1. The van der Waals surface area contributed by atoms with Gasteiger partial charge < -0.3 is 14.4 Å². The lowest BCUT2D eigenvalue weighted by atomic mass is 10.1. The number of ether oxygens (including phenoxy) is 2. The summed E-state index contributed by atoms with van der Waals surface area (Å²) in [7, 11) is 1.35. The third-order valence-corrected chi connectivity index (χ3v) is 4.23. The number of nitrogens with zero attached hydrogens (tertiary/aromatic N) is 1. The highest BCUT2D eigenvalue weighted by Crippen LogP contribution is 2.23. The molecule has 1 amide bonds. The summed E-state index contributed by atoms with van der Waals surface area (Å²) in [6, 6.07) is 7.03. The molecule has 0 N–H and O–H groups in total. The maximum absolute atomic E-state index is 12.5. The fourth-order valence-electron chi connectivity index (χ4n) is 2.45. The fraction of sp³-hybridized carbons (Fsp3) is 0.579. The van der Waals surface area contributed by atoms with Gasteiger partial charge in [-0.3, -0.25) is 9.59 Å². The first-order valence-corrected chi connectivity index (χ1v) is 9.10. The molecule has 0 heterocycles. The van der Waals surface area contributed by atoms with Gasteiger partial charge in [-0.25, -0.2) is 0 Å². The van der Waals surface area contributed by atoms with Gasteiger partial charge in [-0.1, -0.05) is 56.8 Å². The monoisotopic (exact) mass is 369 g/mol. The molecule has 0 aliphatic rings. The van der Waals surface area contributed by atoms with Crippen LogP contribution in [0.3, 0.4) is 0 Å². The maximum atomic E-state index is 12.5. The van der Waals surface area contributed by atoms with Crippen LogP contribution in [-0.4, -0.2) is 43.6 Å². The molecule has 5 nitrogen and oxygen atoms in total. The van der Waals surface area contributed by atoms with E-state index in [2.05, 4.69) is 6.92 Å². The Hall–Kier alpha value is -1.75. The molecule has 0 aliphatic heterocycles. The molecule has 0 saturated heterocycles. The van der Waals surface area contributed by atoms with E-state index in [0.717, 1.165) is 25.7 Å². The lowest BCUT2D eigenvalue weighted by Gasteiger charge is -2.25. The van der Waals surface area contributed by atoms with Crippen LogP contribution in [0.4, 0.5) is 0 Å². The highest BCUT2D eigenvalue weighted by molar-refractivity contribution is 6.32. The number of halogens is 1. The Morgan fingerprint density at radius 1 is 1.20 bits per heavy atom. The van der Waals surface area contributed by atoms with Crippen molar-refractivity contribution in [2.24, 2.45) is 5.92 Å². The highest BCUT2D eigenvalue weighted by atomic mass is 35.5. The quantitative estimate of drug-likeness (QED) is 0.438. The second-order valence-electron chi connectivity index (χ2n) is 6.04. The number of methoxy groups -OCH3 is 1. The summed E-state index contributed by atoms with van der Waals surface area (Å²) in [4.78, 5) is 25.9. The molecule has 1 aromatic carbocycles. The average Bonchev–Trinajstić information content (AvgIpc) is 2.62. The van der Waals surface area contributed by atoms with Crippen LogP contribution < -0.4 is 4.74 Å². The zero-order valence-electron chi connectivity index (χ0n) is 15.3. The molecule has 0 fully saturated rings. The van der Waals surface area contributed by atoms with E-state index in [1.54, 1.807) is 36.1 Å². The Balaban J connectivity index is 2.63. The maximum Gasteiger partial charge on any atom is 0.310 e.